The van der Waals surface area contributed by atoms with E-state index >= 15 is 0 Å². The summed E-state index contributed by atoms with van der Waals surface area (Å²) in [5.41, 5.74) is 0.0944. The maximum atomic E-state index is 11.1. The highest BCUT2D eigenvalue weighted by molar-refractivity contribution is 6.25. The Balaban J connectivity index is 2.28. The average molecular weight is 303 g/mol. The van der Waals surface area contributed by atoms with Gasteiger partial charge in [0.2, 0.25) is 0 Å². The van der Waals surface area contributed by atoms with E-state index in [1.54, 1.807) is 19.2 Å². The highest BCUT2D eigenvalue weighted by Gasteiger charge is 2.13. The molecule has 0 fully saturated rings. The predicted octanol–water partition coefficient (Wildman–Crippen LogP) is 5.06. The van der Waals surface area contributed by atoms with E-state index in [4.69, 9.17) is 4.74 Å². The number of methoxy groups -OCH3 is 1. The summed E-state index contributed by atoms with van der Waals surface area (Å²) in [4.78, 5) is 10.8. The second-order valence-electron chi connectivity index (χ2n) is 5.44. The third-order valence-electron chi connectivity index (χ3n) is 4.24. The topological polar surface area (TPSA) is 52.4 Å². The molecule has 4 rings (SSSR count). The fourth-order valence-corrected chi connectivity index (χ4v) is 3.16. The van der Waals surface area contributed by atoms with Crippen molar-refractivity contribution < 1.29 is 9.66 Å². The standard InChI is InChI=1S/C19H13NO3/c1-23-13-7-9-17-15-5-3-2-4-14(15)16-8-6-12(20(21)22)10-18(16)19(17)11-13/h2-11H,1H3. The van der Waals surface area contributed by atoms with Crippen molar-refractivity contribution in [2.45, 2.75) is 0 Å². The zero-order chi connectivity index (χ0) is 16.0. The van der Waals surface area contributed by atoms with E-state index in [9.17, 15) is 10.1 Å². The molecule has 4 nitrogen and oxygen atoms in total. The van der Waals surface area contributed by atoms with Gasteiger partial charge in [0, 0.05) is 12.1 Å². The van der Waals surface area contributed by atoms with Gasteiger partial charge in [0.15, 0.2) is 0 Å². The molecule has 0 radical (unpaired) electrons. The van der Waals surface area contributed by atoms with Crippen LogP contribution in [0.25, 0.3) is 32.3 Å². The number of nitrogens with zero attached hydrogens (tertiary/aromatic N) is 1. The van der Waals surface area contributed by atoms with Crippen LogP contribution in [0.15, 0.2) is 60.7 Å². The van der Waals surface area contributed by atoms with Crippen LogP contribution >= 0.6 is 0 Å². The molecule has 0 amide bonds. The number of non-ortho nitro benzene ring substituents is 1. The summed E-state index contributed by atoms with van der Waals surface area (Å²) in [6.45, 7) is 0. The molecule has 4 aromatic rings. The van der Waals surface area contributed by atoms with Crippen molar-refractivity contribution in [1.82, 2.24) is 0 Å². The van der Waals surface area contributed by atoms with Gasteiger partial charge in [0.1, 0.15) is 5.75 Å². The van der Waals surface area contributed by atoms with Gasteiger partial charge in [-0.15, -0.1) is 0 Å². The summed E-state index contributed by atoms with van der Waals surface area (Å²) in [6, 6.07) is 19.0. The molecule has 4 heteroatoms. The summed E-state index contributed by atoms with van der Waals surface area (Å²) in [7, 11) is 1.62. The van der Waals surface area contributed by atoms with Crippen molar-refractivity contribution >= 4 is 38.0 Å². The number of rotatable bonds is 2. The first-order valence-corrected chi connectivity index (χ1v) is 7.25. The SMILES string of the molecule is COc1ccc2c3ccccc3c3ccc([N+](=O)[O-])cc3c2c1. The monoisotopic (exact) mass is 303 g/mol. The first-order chi connectivity index (χ1) is 11.2. The summed E-state index contributed by atoms with van der Waals surface area (Å²) in [6.07, 6.45) is 0. The van der Waals surface area contributed by atoms with Gasteiger partial charge in [-0.25, -0.2) is 0 Å². The lowest BCUT2D eigenvalue weighted by molar-refractivity contribution is -0.384. The Hall–Kier alpha value is -3.14. The maximum Gasteiger partial charge on any atom is 0.270 e. The molecular weight excluding hydrogens is 290 g/mol. The fraction of sp³-hybridized carbons (Fsp3) is 0.0526. The van der Waals surface area contributed by atoms with Crippen molar-refractivity contribution in [2.24, 2.45) is 0 Å². The minimum absolute atomic E-state index is 0.0944. The van der Waals surface area contributed by atoms with Crippen LogP contribution in [0.5, 0.6) is 5.75 Å². The van der Waals surface area contributed by atoms with Gasteiger partial charge in [0.25, 0.3) is 5.69 Å². The quantitative estimate of drug-likeness (QED) is 0.295. The molecule has 0 N–H and O–H groups in total. The van der Waals surface area contributed by atoms with Gasteiger partial charge in [-0.05, 0) is 50.5 Å². The number of benzene rings is 4. The largest absolute Gasteiger partial charge is 0.497 e. The van der Waals surface area contributed by atoms with Crippen LogP contribution in [-0.4, -0.2) is 12.0 Å². The van der Waals surface area contributed by atoms with Gasteiger partial charge >= 0.3 is 0 Å². The van der Waals surface area contributed by atoms with Crippen molar-refractivity contribution in [2.75, 3.05) is 7.11 Å². The first kappa shape index (κ1) is 13.5. The Kier molecular flexibility index (Phi) is 2.91. The fourth-order valence-electron chi connectivity index (χ4n) is 3.16. The van der Waals surface area contributed by atoms with Crippen LogP contribution in [0, 0.1) is 10.1 Å². The Morgan fingerprint density at radius 2 is 1.35 bits per heavy atom. The van der Waals surface area contributed by atoms with Crippen LogP contribution in [0.4, 0.5) is 5.69 Å². The van der Waals surface area contributed by atoms with Gasteiger partial charge in [0.05, 0.1) is 12.0 Å². The van der Waals surface area contributed by atoms with E-state index in [1.807, 2.05) is 42.5 Å². The molecule has 112 valence electrons. The van der Waals surface area contributed by atoms with E-state index in [0.717, 1.165) is 38.1 Å². The number of nitro benzene ring substituents is 1. The lowest BCUT2D eigenvalue weighted by atomic mass is 9.94. The minimum atomic E-state index is -0.360. The molecular formula is C19H13NO3. The molecule has 0 aliphatic rings. The lowest BCUT2D eigenvalue weighted by Crippen LogP contribution is -1.90. The van der Waals surface area contributed by atoms with Crippen molar-refractivity contribution in [1.29, 1.82) is 0 Å². The van der Waals surface area contributed by atoms with Crippen molar-refractivity contribution in [3.8, 4) is 5.75 Å². The number of hydrogen-bond donors (Lipinski definition) is 0. The predicted molar refractivity (Wildman–Crippen MR) is 92.2 cm³/mol. The molecule has 0 aromatic heterocycles. The Morgan fingerprint density at radius 1 is 0.783 bits per heavy atom. The normalized spacial score (nSPS) is 11.2. The number of fused-ring (bicyclic) bond motifs is 6. The molecule has 0 heterocycles. The highest BCUT2D eigenvalue weighted by Crippen LogP contribution is 2.37. The molecule has 0 aliphatic heterocycles. The van der Waals surface area contributed by atoms with Crippen LogP contribution < -0.4 is 4.74 Å². The van der Waals surface area contributed by atoms with Crippen LogP contribution in [0.3, 0.4) is 0 Å². The zero-order valence-corrected chi connectivity index (χ0v) is 12.4. The van der Waals surface area contributed by atoms with Gasteiger partial charge in [-0.2, -0.15) is 0 Å². The molecule has 0 aliphatic carbocycles. The first-order valence-electron chi connectivity index (χ1n) is 7.25. The molecule has 0 unspecified atom stereocenters. The van der Waals surface area contributed by atoms with E-state index in [2.05, 4.69) is 6.07 Å². The Labute approximate surface area is 132 Å². The van der Waals surface area contributed by atoms with E-state index in [1.165, 1.54) is 0 Å². The number of ether oxygens (including phenoxy) is 1. The zero-order valence-electron chi connectivity index (χ0n) is 12.4. The maximum absolute atomic E-state index is 11.1. The summed E-state index contributed by atoms with van der Waals surface area (Å²) in [5.74, 6) is 0.737. The third-order valence-corrected chi connectivity index (χ3v) is 4.24. The molecule has 0 atom stereocenters. The number of nitro groups is 1. The third kappa shape index (κ3) is 1.99. The van der Waals surface area contributed by atoms with E-state index in [-0.39, 0.29) is 10.6 Å². The Morgan fingerprint density at radius 3 is 1.96 bits per heavy atom. The van der Waals surface area contributed by atoms with Crippen LogP contribution in [-0.2, 0) is 0 Å². The smallest absolute Gasteiger partial charge is 0.270 e. The summed E-state index contributed by atoms with van der Waals surface area (Å²) in [5, 5.41) is 17.3. The van der Waals surface area contributed by atoms with Gasteiger partial charge in [-0.3, -0.25) is 10.1 Å². The van der Waals surface area contributed by atoms with Crippen LogP contribution in [0.2, 0.25) is 0 Å². The van der Waals surface area contributed by atoms with Crippen LogP contribution in [0.1, 0.15) is 0 Å². The van der Waals surface area contributed by atoms with E-state index in [0.29, 0.717) is 0 Å². The van der Waals surface area contributed by atoms with E-state index < -0.39 is 0 Å². The second kappa shape index (κ2) is 4.95. The lowest BCUT2D eigenvalue weighted by Gasteiger charge is -2.11. The Bertz CT molecular complexity index is 1090. The molecule has 23 heavy (non-hydrogen) atoms. The second-order valence-corrected chi connectivity index (χ2v) is 5.44. The van der Waals surface area contributed by atoms with Gasteiger partial charge < -0.3 is 4.74 Å². The molecule has 0 spiro atoms. The van der Waals surface area contributed by atoms with Gasteiger partial charge in [-0.1, -0.05) is 30.3 Å². The molecule has 0 saturated carbocycles. The summed E-state index contributed by atoms with van der Waals surface area (Å²) < 4.78 is 5.33. The van der Waals surface area contributed by atoms with Crippen molar-refractivity contribution in [3.05, 3.63) is 70.8 Å². The average Bonchev–Trinajstić information content (AvgIpc) is 2.61. The highest BCUT2D eigenvalue weighted by atomic mass is 16.6. The molecule has 0 saturated heterocycles. The van der Waals surface area contributed by atoms with Crippen molar-refractivity contribution in [3.63, 3.8) is 0 Å². The summed E-state index contributed by atoms with van der Waals surface area (Å²) >= 11 is 0. The molecule has 4 aromatic carbocycles. The number of hydrogen-bond acceptors (Lipinski definition) is 3. The molecule has 0 bridgehead atoms. The minimum Gasteiger partial charge on any atom is -0.497 e.